The fraction of sp³-hybridized carbons (Fsp3) is 0.567. The molecule has 2 aliphatic carbocycles. The predicted molar refractivity (Wildman–Crippen MR) is 140 cm³/mol. The first-order valence-corrected chi connectivity index (χ1v) is 13.7. The highest BCUT2D eigenvalue weighted by Crippen LogP contribution is 2.38. The Balaban J connectivity index is 1.12. The van der Waals surface area contributed by atoms with Crippen LogP contribution in [-0.4, -0.2) is 47.3 Å². The monoisotopic (exact) mass is 475 g/mol. The van der Waals surface area contributed by atoms with E-state index in [0.717, 1.165) is 41.8 Å². The molecule has 1 saturated heterocycles. The first-order valence-electron chi connectivity index (χ1n) is 13.7. The van der Waals surface area contributed by atoms with Gasteiger partial charge in [-0.25, -0.2) is 4.79 Å². The number of benzene rings is 2. The Bertz CT molecular complexity index is 919. The second-order valence-electron chi connectivity index (χ2n) is 11.2. The van der Waals surface area contributed by atoms with E-state index in [9.17, 15) is 9.90 Å². The summed E-state index contributed by atoms with van der Waals surface area (Å²) < 4.78 is 0. The molecule has 3 fully saturated rings. The minimum atomic E-state index is -1.31. The summed E-state index contributed by atoms with van der Waals surface area (Å²) in [5.74, 6) is 1.76. The largest absolute Gasteiger partial charge is 0.378 e. The maximum Gasteiger partial charge on any atom is 0.315 e. The van der Waals surface area contributed by atoms with E-state index in [1.807, 2.05) is 67.6 Å². The molecule has 1 heterocycles. The minimum Gasteiger partial charge on any atom is -0.378 e. The van der Waals surface area contributed by atoms with Crippen molar-refractivity contribution in [2.75, 3.05) is 13.1 Å². The van der Waals surface area contributed by atoms with Crippen molar-refractivity contribution in [3.63, 3.8) is 0 Å². The molecule has 2 bridgehead atoms. The van der Waals surface area contributed by atoms with Crippen LogP contribution in [0.5, 0.6) is 0 Å². The highest BCUT2D eigenvalue weighted by Gasteiger charge is 2.39. The molecule has 3 atom stereocenters. The van der Waals surface area contributed by atoms with Crippen LogP contribution in [0.15, 0.2) is 60.7 Å². The lowest BCUT2D eigenvalue weighted by Gasteiger charge is -2.36. The maximum atomic E-state index is 12.9. The fourth-order valence-electron chi connectivity index (χ4n) is 6.82. The molecule has 0 radical (unpaired) electrons. The Morgan fingerprint density at radius 1 is 0.971 bits per heavy atom. The summed E-state index contributed by atoms with van der Waals surface area (Å²) in [6.07, 6.45) is 10.1. The number of urea groups is 1. The molecule has 2 unspecified atom stereocenters. The lowest BCUT2D eigenvalue weighted by Crippen LogP contribution is -2.54. The summed E-state index contributed by atoms with van der Waals surface area (Å²) in [6, 6.07) is 19.6. The van der Waals surface area contributed by atoms with Crippen molar-refractivity contribution in [3.05, 3.63) is 71.8 Å². The van der Waals surface area contributed by atoms with E-state index in [-0.39, 0.29) is 12.1 Å². The number of fused-ring (bicyclic) bond motifs is 2. The topological polar surface area (TPSA) is 64.6 Å². The lowest BCUT2D eigenvalue weighted by molar-refractivity contribution is 0.0470. The van der Waals surface area contributed by atoms with E-state index in [1.165, 1.54) is 51.6 Å². The zero-order valence-electron chi connectivity index (χ0n) is 21.0. The van der Waals surface area contributed by atoms with Gasteiger partial charge in [0.25, 0.3) is 0 Å². The summed E-state index contributed by atoms with van der Waals surface area (Å²) in [7, 11) is 0. The van der Waals surface area contributed by atoms with Gasteiger partial charge in [0.15, 0.2) is 0 Å². The van der Waals surface area contributed by atoms with Crippen LogP contribution in [0.4, 0.5) is 4.79 Å². The van der Waals surface area contributed by atoms with Crippen molar-refractivity contribution in [1.29, 1.82) is 0 Å². The van der Waals surface area contributed by atoms with Gasteiger partial charge in [-0.2, -0.15) is 0 Å². The van der Waals surface area contributed by atoms with Crippen molar-refractivity contribution in [2.45, 2.75) is 82.0 Å². The first kappa shape index (κ1) is 24.3. The number of hydrogen-bond acceptors (Lipinski definition) is 3. The third kappa shape index (κ3) is 5.41. The molecular weight excluding hydrogens is 434 g/mol. The Hall–Kier alpha value is -2.37. The van der Waals surface area contributed by atoms with E-state index in [4.69, 9.17) is 0 Å². The highest BCUT2D eigenvalue weighted by molar-refractivity contribution is 5.75. The Morgan fingerprint density at radius 3 is 2.14 bits per heavy atom. The van der Waals surface area contributed by atoms with E-state index < -0.39 is 11.6 Å². The molecule has 2 aromatic rings. The summed E-state index contributed by atoms with van der Waals surface area (Å²) in [5.41, 5.74) is 0.225. The zero-order chi connectivity index (χ0) is 24.3. The number of carbonyl (C=O) groups is 1. The molecule has 5 rings (SSSR count). The highest BCUT2D eigenvalue weighted by atomic mass is 16.3. The molecule has 0 aromatic heterocycles. The average molecular weight is 476 g/mol. The number of rotatable bonds is 8. The standard InChI is InChI=1S/C30H41N3O2/c1-22(30(35,25-8-4-2-5-9-25)26-10-6-3-7-11-26)31-29(34)32-27-15-12-23(13-16-27)18-19-33-21-24-14-17-28(33)20-24/h2-11,22-24,27-28,35H,12-21H2,1H3,(H2,31,32,34)/t22-,23?,24?,27?,28?/m0/s1. The number of nitrogens with one attached hydrogen (secondary N) is 2. The van der Waals surface area contributed by atoms with Gasteiger partial charge in [0.05, 0.1) is 6.04 Å². The normalized spacial score (nSPS) is 27.5. The van der Waals surface area contributed by atoms with Crippen molar-refractivity contribution >= 4 is 6.03 Å². The number of likely N-dealkylation sites (tertiary alicyclic amines) is 1. The van der Waals surface area contributed by atoms with Crippen molar-refractivity contribution < 1.29 is 9.90 Å². The molecule has 188 valence electrons. The summed E-state index contributed by atoms with van der Waals surface area (Å²) >= 11 is 0. The number of amides is 2. The zero-order valence-corrected chi connectivity index (χ0v) is 21.0. The van der Waals surface area contributed by atoms with Crippen LogP contribution < -0.4 is 10.6 Å². The number of nitrogens with zero attached hydrogens (tertiary/aromatic N) is 1. The van der Waals surface area contributed by atoms with Crippen LogP contribution in [0.3, 0.4) is 0 Å². The Kier molecular flexibility index (Phi) is 7.45. The van der Waals surface area contributed by atoms with Crippen molar-refractivity contribution in [2.24, 2.45) is 11.8 Å². The van der Waals surface area contributed by atoms with Gasteiger partial charge >= 0.3 is 6.03 Å². The first-order chi connectivity index (χ1) is 17.0. The fourth-order valence-corrected chi connectivity index (χ4v) is 6.82. The van der Waals surface area contributed by atoms with Gasteiger partial charge in [-0.15, -0.1) is 0 Å². The van der Waals surface area contributed by atoms with Crippen LogP contribution in [-0.2, 0) is 5.60 Å². The molecule has 1 aliphatic heterocycles. The van der Waals surface area contributed by atoms with Crippen molar-refractivity contribution in [1.82, 2.24) is 15.5 Å². The van der Waals surface area contributed by atoms with Gasteiger partial charge in [0.1, 0.15) is 5.60 Å². The van der Waals surface area contributed by atoms with Crippen LogP contribution in [0.1, 0.15) is 69.4 Å². The lowest BCUT2D eigenvalue weighted by atomic mass is 9.81. The smallest absolute Gasteiger partial charge is 0.315 e. The quantitative estimate of drug-likeness (QED) is 0.501. The second-order valence-corrected chi connectivity index (χ2v) is 11.2. The molecule has 2 aromatic carbocycles. The number of aliphatic hydroxyl groups is 1. The van der Waals surface area contributed by atoms with Gasteiger partial charge in [0, 0.05) is 18.6 Å². The molecule has 3 aliphatic rings. The van der Waals surface area contributed by atoms with E-state index >= 15 is 0 Å². The summed E-state index contributed by atoms with van der Waals surface area (Å²) in [5, 5.41) is 18.1. The van der Waals surface area contributed by atoms with Gasteiger partial charge in [-0.3, -0.25) is 0 Å². The summed E-state index contributed by atoms with van der Waals surface area (Å²) in [6.45, 7) is 4.47. The number of hydrogen-bond donors (Lipinski definition) is 3. The molecule has 3 N–H and O–H groups in total. The molecule has 5 nitrogen and oxygen atoms in total. The Morgan fingerprint density at radius 2 is 1.60 bits per heavy atom. The van der Waals surface area contributed by atoms with Gasteiger partial charge in [-0.1, -0.05) is 60.7 Å². The van der Waals surface area contributed by atoms with Gasteiger partial charge < -0.3 is 20.6 Å². The van der Waals surface area contributed by atoms with Crippen LogP contribution in [0.2, 0.25) is 0 Å². The molecule has 35 heavy (non-hydrogen) atoms. The summed E-state index contributed by atoms with van der Waals surface area (Å²) in [4.78, 5) is 15.7. The molecular formula is C30H41N3O2. The van der Waals surface area contributed by atoms with E-state index in [0.29, 0.717) is 0 Å². The minimum absolute atomic E-state index is 0.195. The molecule has 0 spiro atoms. The maximum absolute atomic E-state index is 12.9. The van der Waals surface area contributed by atoms with Gasteiger partial charge in [0.2, 0.25) is 0 Å². The molecule has 5 heteroatoms. The Labute approximate surface area is 210 Å². The average Bonchev–Trinajstić information content (AvgIpc) is 3.52. The van der Waals surface area contributed by atoms with Crippen LogP contribution >= 0.6 is 0 Å². The molecule has 2 saturated carbocycles. The van der Waals surface area contributed by atoms with E-state index in [1.54, 1.807) is 0 Å². The number of piperidine rings is 1. The third-order valence-corrected chi connectivity index (χ3v) is 8.93. The van der Waals surface area contributed by atoms with Crippen LogP contribution in [0.25, 0.3) is 0 Å². The SMILES string of the molecule is C[C@H](NC(=O)NC1CCC(CCN2CC3CCC2C3)CC1)C(O)(c1ccccc1)c1ccccc1. The van der Waals surface area contributed by atoms with Crippen molar-refractivity contribution in [3.8, 4) is 0 Å². The van der Waals surface area contributed by atoms with E-state index in [2.05, 4.69) is 15.5 Å². The third-order valence-electron chi connectivity index (χ3n) is 8.93. The van der Waals surface area contributed by atoms with Gasteiger partial charge in [-0.05, 0) is 87.8 Å². The predicted octanol–water partition coefficient (Wildman–Crippen LogP) is 5.04. The second kappa shape index (κ2) is 10.7. The number of carbonyl (C=O) groups excluding carboxylic acids is 1. The van der Waals surface area contributed by atoms with Crippen LogP contribution in [0, 0.1) is 11.8 Å². The molecule has 2 amide bonds.